The minimum Gasteiger partial charge on any atom is -0.359 e. The summed E-state index contributed by atoms with van der Waals surface area (Å²) in [5.74, 6) is -0.783. The van der Waals surface area contributed by atoms with Crippen LogP contribution < -0.4 is 5.32 Å². The van der Waals surface area contributed by atoms with E-state index in [4.69, 9.17) is 11.6 Å². The second-order valence-electron chi connectivity index (χ2n) is 5.63. The summed E-state index contributed by atoms with van der Waals surface area (Å²) in [6.45, 7) is 0.00609. The number of aromatic amines is 1. The summed E-state index contributed by atoms with van der Waals surface area (Å²) in [5.41, 5.74) is 2.93. The van der Waals surface area contributed by atoms with E-state index in [1.807, 2.05) is 4.40 Å². The molecule has 1 amide bonds. The molecule has 0 aliphatic rings. The first kappa shape index (κ1) is 16.3. The zero-order chi connectivity index (χ0) is 18.1. The molecule has 0 unspecified atom stereocenters. The molecule has 130 valence electrons. The fraction of sp³-hybridized carbons (Fsp3) is 0.0556. The highest BCUT2D eigenvalue weighted by molar-refractivity contribution is 6.31. The predicted octanol–water partition coefficient (Wildman–Crippen LogP) is 3.45. The number of halogens is 2. The van der Waals surface area contributed by atoms with Crippen LogP contribution in [0.5, 0.6) is 0 Å². The van der Waals surface area contributed by atoms with Crippen LogP contribution in [0, 0.1) is 5.82 Å². The summed E-state index contributed by atoms with van der Waals surface area (Å²) in [4.78, 5) is 23.7. The molecule has 0 saturated heterocycles. The third-order valence-corrected chi connectivity index (χ3v) is 4.38. The van der Waals surface area contributed by atoms with Gasteiger partial charge in [0.2, 0.25) is 0 Å². The van der Waals surface area contributed by atoms with Crippen LogP contribution in [0.4, 0.5) is 4.39 Å². The second kappa shape index (κ2) is 6.61. The fourth-order valence-corrected chi connectivity index (χ4v) is 2.92. The Kier molecular flexibility index (Phi) is 4.14. The molecule has 0 fully saturated rings. The Morgan fingerprint density at radius 2 is 2.23 bits per heavy atom. The quantitative estimate of drug-likeness (QED) is 0.578. The van der Waals surface area contributed by atoms with E-state index in [2.05, 4.69) is 20.3 Å². The van der Waals surface area contributed by atoms with Crippen LogP contribution in [0.15, 0.2) is 55.2 Å². The van der Waals surface area contributed by atoms with Gasteiger partial charge in [-0.1, -0.05) is 17.7 Å². The Bertz CT molecular complexity index is 1080. The molecule has 6 nitrogen and oxygen atoms in total. The Labute approximate surface area is 152 Å². The smallest absolute Gasteiger partial charge is 0.253 e. The molecule has 0 aliphatic heterocycles. The number of hydrogen-bond acceptors (Lipinski definition) is 3. The van der Waals surface area contributed by atoms with Crippen LogP contribution >= 0.6 is 11.6 Å². The molecule has 26 heavy (non-hydrogen) atoms. The number of fused-ring (bicyclic) bond motifs is 1. The van der Waals surface area contributed by atoms with Gasteiger partial charge >= 0.3 is 0 Å². The predicted molar refractivity (Wildman–Crippen MR) is 95.4 cm³/mol. The van der Waals surface area contributed by atoms with Crippen molar-refractivity contribution in [2.24, 2.45) is 0 Å². The molecule has 4 aromatic rings. The van der Waals surface area contributed by atoms with Gasteiger partial charge in [-0.05, 0) is 18.2 Å². The van der Waals surface area contributed by atoms with Crippen molar-refractivity contribution in [2.75, 3.05) is 0 Å². The molecular weight excluding hydrogens is 357 g/mol. The topological polar surface area (TPSA) is 75.1 Å². The van der Waals surface area contributed by atoms with Gasteiger partial charge in [-0.2, -0.15) is 0 Å². The van der Waals surface area contributed by atoms with Gasteiger partial charge in [0.25, 0.3) is 5.91 Å². The van der Waals surface area contributed by atoms with Crippen molar-refractivity contribution < 1.29 is 9.18 Å². The third kappa shape index (κ3) is 2.93. The van der Waals surface area contributed by atoms with Crippen molar-refractivity contribution in [3.8, 4) is 11.4 Å². The summed E-state index contributed by atoms with van der Waals surface area (Å²) in [7, 11) is 0. The Balaban J connectivity index is 1.53. The minimum absolute atomic E-state index is 0.00609. The van der Waals surface area contributed by atoms with E-state index in [0.717, 1.165) is 11.4 Å². The lowest BCUT2D eigenvalue weighted by molar-refractivity contribution is 0.0951. The first-order chi connectivity index (χ1) is 12.6. The maximum absolute atomic E-state index is 13.8. The first-order valence-corrected chi connectivity index (χ1v) is 8.18. The lowest BCUT2D eigenvalue weighted by atomic mass is 10.2. The molecule has 1 aromatic carbocycles. The van der Waals surface area contributed by atoms with E-state index in [1.54, 1.807) is 43.1 Å². The number of amides is 1. The van der Waals surface area contributed by atoms with Crippen molar-refractivity contribution in [1.82, 2.24) is 24.7 Å². The average Bonchev–Trinajstić information content (AvgIpc) is 3.28. The summed E-state index contributed by atoms with van der Waals surface area (Å²) < 4.78 is 15.6. The number of nitrogens with zero attached hydrogens (tertiary/aromatic N) is 3. The zero-order valence-corrected chi connectivity index (χ0v) is 14.2. The van der Waals surface area contributed by atoms with Gasteiger partial charge in [-0.15, -0.1) is 0 Å². The normalized spacial score (nSPS) is 11.0. The molecule has 2 N–H and O–H groups in total. The highest BCUT2D eigenvalue weighted by Gasteiger charge is 2.14. The van der Waals surface area contributed by atoms with Crippen LogP contribution in [-0.4, -0.2) is 25.3 Å². The number of benzene rings is 1. The highest BCUT2D eigenvalue weighted by Crippen LogP contribution is 2.21. The summed E-state index contributed by atoms with van der Waals surface area (Å²) >= 11 is 5.97. The highest BCUT2D eigenvalue weighted by atomic mass is 35.5. The van der Waals surface area contributed by atoms with E-state index < -0.39 is 5.82 Å². The van der Waals surface area contributed by atoms with Crippen molar-refractivity contribution in [3.63, 3.8) is 0 Å². The standard InChI is InChI=1S/C18H13ClFN5O/c19-13-2-1-3-14(20)12(13)8-24-18(26)11-6-15(22-7-11)16-9-23-17-10-21-4-5-25(16)17/h1-7,9-10,22H,8H2,(H,24,26). The molecular formula is C18H13ClFN5O. The van der Waals surface area contributed by atoms with Gasteiger partial charge in [-0.3, -0.25) is 14.2 Å². The Morgan fingerprint density at radius 3 is 3.08 bits per heavy atom. The molecule has 4 rings (SSSR count). The third-order valence-electron chi connectivity index (χ3n) is 4.03. The number of imidazole rings is 1. The summed E-state index contributed by atoms with van der Waals surface area (Å²) in [6, 6.07) is 6.12. The largest absolute Gasteiger partial charge is 0.359 e. The van der Waals surface area contributed by atoms with Crippen molar-refractivity contribution >= 4 is 23.2 Å². The van der Waals surface area contributed by atoms with Gasteiger partial charge < -0.3 is 10.3 Å². The molecule has 8 heteroatoms. The van der Waals surface area contributed by atoms with Crippen LogP contribution in [0.1, 0.15) is 15.9 Å². The van der Waals surface area contributed by atoms with Crippen LogP contribution in [0.3, 0.4) is 0 Å². The molecule has 0 saturated carbocycles. The van der Waals surface area contributed by atoms with Gasteiger partial charge in [0.15, 0.2) is 5.65 Å². The number of aromatic nitrogens is 4. The Hall–Kier alpha value is -3.19. The van der Waals surface area contributed by atoms with E-state index >= 15 is 0 Å². The Morgan fingerprint density at radius 1 is 1.35 bits per heavy atom. The summed E-state index contributed by atoms with van der Waals surface area (Å²) in [5, 5.41) is 2.95. The van der Waals surface area contributed by atoms with Crippen molar-refractivity contribution in [2.45, 2.75) is 6.54 Å². The number of rotatable bonds is 4. The number of H-pyrrole nitrogens is 1. The lowest BCUT2D eigenvalue weighted by Crippen LogP contribution is -2.23. The fourth-order valence-electron chi connectivity index (χ4n) is 2.69. The molecule has 0 bridgehead atoms. The van der Waals surface area contributed by atoms with Gasteiger partial charge in [-0.25, -0.2) is 9.37 Å². The zero-order valence-electron chi connectivity index (χ0n) is 13.4. The molecule has 0 spiro atoms. The molecule has 3 heterocycles. The maximum atomic E-state index is 13.8. The molecule has 0 aliphatic carbocycles. The SMILES string of the molecule is O=C(NCc1c(F)cccc1Cl)c1c[nH]c(-c2cnc3cnccn23)c1. The molecule has 0 atom stereocenters. The average molecular weight is 370 g/mol. The van der Waals surface area contributed by atoms with Gasteiger partial charge in [0.05, 0.1) is 29.3 Å². The van der Waals surface area contributed by atoms with Crippen molar-refractivity contribution in [1.29, 1.82) is 0 Å². The number of carbonyl (C=O) groups excluding carboxylic acids is 1. The van der Waals surface area contributed by atoms with Crippen LogP contribution in [0.25, 0.3) is 17.0 Å². The second-order valence-corrected chi connectivity index (χ2v) is 6.04. The van der Waals surface area contributed by atoms with E-state index in [-0.39, 0.29) is 23.0 Å². The van der Waals surface area contributed by atoms with Crippen LogP contribution in [-0.2, 0) is 6.54 Å². The molecule has 0 radical (unpaired) electrons. The summed E-state index contributed by atoms with van der Waals surface area (Å²) in [6.07, 6.45) is 8.39. The van der Waals surface area contributed by atoms with Crippen LogP contribution in [0.2, 0.25) is 5.02 Å². The van der Waals surface area contributed by atoms with Crippen molar-refractivity contribution in [3.05, 3.63) is 77.2 Å². The number of nitrogens with one attached hydrogen (secondary N) is 2. The first-order valence-electron chi connectivity index (χ1n) is 7.80. The number of hydrogen-bond donors (Lipinski definition) is 2. The minimum atomic E-state index is -0.452. The van der Waals surface area contributed by atoms with Gasteiger partial charge in [0.1, 0.15) is 5.82 Å². The van der Waals surface area contributed by atoms with Gasteiger partial charge in [0, 0.05) is 35.7 Å². The maximum Gasteiger partial charge on any atom is 0.253 e. The molecule has 3 aromatic heterocycles. The van der Waals surface area contributed by atoms with E-state index in [0.29, 0.717) is 11.2 Å². The van der Waals surface area contributed by atoms with E-state index in [9.17, 15) is 9.18 Å². The number of carbonyl (C=O) groups is 1. The monoisotopic (exact) mass is 369 g/mol. The van der Waals surface area contributed by atoms with E-state index in [1.165, 1.54) is 12.1 Å². The lowest BCUT2D eigenvalue weighted by Gasteiger charge is -2.07.